The van der Waals surface area contributed by atoms with Gasteiger partial charge in [-0.05, 0) is 18.1 Å². The molecule has 0 aromatic heterocycles. The number of carbonyl (C=O) groups excluding carboxylic acids is 1. The number of nitrogens with one attached hydrogen (secondary N) is 1. The van der Waals surface area contributed by atoms with E-state index in [1.165, 1.54) is 0 Å². The summed E-state index contributed by atoms with van der Waals surface area (Å²) in [6.45, 7) is 0.504. The molecule has 94 valence electrons. The van der Waals surface area contributed by atoms with Crippen molar-refractivity contribution in [3.8, 4) is 0 Å². The minimum Gasteiger partial charge on any atom is -0.302 e. The molecule has 1 rings (SSSR count). The van der Waals surface area contributed by atoms with Crippen LogP contribution < -0.4 is 5.32 Å². The molecular weight excluding hydrogens is 231 g/mol. The number of ketones is 1. The van der Waals surface area contributed by atoms with E-state index in [0.29, 0.717) is 5.56 Å². The van der Waals surface area contributed by atoms with Crippen molar-refractivity contribution in [3.63, 3.8) is 0 Å². The summed E-state index contributed by atoms with van der Waals surface area (Å²) in [6.07, 6.45) is -3.50. The van der Waals surface area contributed by atoms with Crippen molar-refractivity contribution in [2.24, 2.45) is 0 Å². The fourth-order valence-electron chi connectivity index (χ4n) is 1.38. The average molecular weight is 245 g/mol. The Balaban J connectivity index is 2.52. The van der Waals surface area contributed by atoms with Gasteiger partial charge in [-0.15, -0.1) is 0 Å². The first-order chi connectivity index (χ1) is 7.92. The van der Waals surface area contributed by atoms with Crippen LogP contribution in [0.1, 0.15) is 22.8 Å². The van der Waals surface area contributed by atoms with Crippen LogP contribution in [0.2, 0.25) is 0 Å². The number of hydrogen-bond donors (Lipinski definition) is 1. The first-order valence-electron chi connectivity index (χ1n) is 5.32. The minimum absolute atomic E-state index is 0.299. The standard InChI is InChI=1S/C12H14F3NO/c1-2-9-4-3-5-10(6-9)11(17)7-16-8-12(13,14)15/h3-6,16H,2,7-8H2,1H3. The number of hydrogen-bond acceptors (Lipinski definition) is 2. The third-order valence-electron chi connectivity index (χ3n) is 2.27. The molecule has 2 nitrogen and oxygen atoms in total. The third-order valence-corrected chi connectivity index (χ3v) is 2.27. The first kappa shape index (κ1) is 13.7. The maximum absolute atomic E-state index is 11.9. The normalized spacial score (nSPS) is 11.5. The lowest BCUT2D eigenvalue weighted by Gasteiger charge is -2.08. The molecule has 5 heteroatoms. The minimum atomic E-state index is -4.29. The molecule has 1 aromatic rings. The molecular formula is C12H14F3NO. The first-order valence-corrected chi connectivity index (χ1v) is 5.32. The molecule has 0 saturated heterocycles. The van der Waals surface area contributed by atoms with Gasteiger partial charge in [-0.3, -0.25) is 4.79 Å². The summed E-state index contributed by atoms with van der Waals surface area (Å²) in [5.74, 6) is -0.329. The van der Waals surface area contributed by atoms with E-state index in [1.54, 1.807) is 18.2 Å². The van der Waals surface area contributed by atoms with Crippen LogP contribution >= 0.6 is 0 Å². The Hall–Kier alpha value is -1.36. The molecule has 0 saturated carbocycles. The maximum Gasteiger partial charge on any atom is 0.401 e. The van der Waals surface area contributed by atoms with E-state index < -0.39 is 12.7 Å². The Kier molecular flexibility index (Phi) is 4.69. The van der Waals surface area contributed by atoms with Crippen molar-refractivity contribution >= 4 is 5.78 Å². The number of aryl methyl sites for hydroxylation is 1. The summed E-state index contributed by atoms with van der Waals surface area (Å²) in [5.41, 5.74) is 1.44. The van der Waals surface area contributed by atoms with Gasteiger partial charge in [0, 0.05) is 5.56 Å². The van der Waals surface area contributed by atoms with E-state index in [1.807, 2.05) is 13.0 Å². The fourth-order valence-corrected chi connectivity index (χ4v) is 1.38. The van der Waals surface area contributed by atoms with E-state index in [0.717, 1.165) is 12.0 Å². The number of carbonyl (C=O) groups is 1. The molecule has 1 N–H and O–H groups in total. The van der Waals surface area contributed by atoms with Crippen LogP contribution in [0.4, 0.5) is 13.2 Å². The van der Waals surface area contributed by atoms with Crippen molar-refractivity contribution < 1.29 is 18.0 Å². The Morgan fingerprint density at radius 2 is 2.06 bits per heavy atom. The van der Waals surface area contributed by atoms with Crippen LogP contribution in [0.25, 0.3) is 0 Å². The van der Waals surface area contributed by atoms with Crippen LogP contribution in [0.15, 0.2) is 24.3 Å². The summed E-state index contributed by atoms with van der Waals surface area (Å²) in [5, 5.41) is 2.09. The molecule has 0 spiro atoms. The predicted octanol–water partition coefficient (Wildman–Crippen LogP) is 2.58. The van der Waals surface area contributed by atoms with Gasteiger partial charge in [-0.1, -0.05) is 25.1 Å². The molecule has 0 radical (unpaired) electrons. The van der Waals surface area contributed by atoms with Crippen LogP contribution in [-0.2, 0) is 6.42 Å². The lowest BCUT2D eigenvalue weighted by atomic mass is 10.1. The van der Waals surface area contributed by atoms with Gasteiger partial charge in [0.15, 0.2) is 5.78 Å². The van der Waals surface area contributed by atoms with E-state index in [9.17, 15) is 18.0 Å². The van der Waals surface area contributed by atoms with Crippen molar-refractivity contribution in [1.29, 1.82) is 0 Å². The van der Waals surface area contributed by atoms with E-state index >= 15 is 0 Å². The fraction of sp³-hybridized carbons (Fsp3) is 0.417. The number of alkyl halides is 3. The zero-order valence-electron chi connectivity index (χ0n) is 9.47. The van der Waals surface area contributed by atoms with Gasteiger partial charge in [-0.2, -0.15) is 13.2 Å². The van der Waals surface area contributed by atoms with Crippen molar-refractivity contribution in [2.45, 2.75) is 19.5 Å². The summed E-state index contributed by atoms with van der Waals surface area (Å²) in [6, 6.07) is 6.92. The van der Waals surface area contributed by atoms with E-state index in [4.69, 9.17) is 0 Å². The van der Waals surface area contributed by atoms with Crippen molar-refractivity contribution in [3.05, 3.63) is 35.4 Å². The van der Waals surface area contributed by atoms with Crippen molar-refractivity contribution in [2.75, 3.05) is 13.1 Å². The van der Waals surface area contributed by atoms with E-state index in [2.05, 4.69) is 5.32 Å². The zero-order chi connectivity index (χ0) is 12.9. The highest BCUT2D eigenvalue weighted by Gasteiger charge is 2.26. The second kappa shape index (κ2) is 5.82. The van der Waals surface area contributed by atoms with E-state index in [-0.39, 0.29) is 12.3 Å². The van der Waals surface area contributed by atoms with Crippen LogP contribution in [0, 0.1) is 0 Å². The molecule has 17 heavy (non-hydrogen) atoms. The average Bonchev–Trinajstić information content (AvgIpc) is 2.27. The Morgan fingerprint density at radius 1 is 1.35 bits per heavy atom. The molecule has 1 aromatic carbocycles. The van der Waals surface area contributed by atoms with Crippen LogP contribution in [0.5, 0.6) is 0 Å². The highest BCUT2D eigenvalue weighted by Crippen LogP contribution is 2.12. The molecule has 0 fully saturated rings. The monoisotopic (exact) mass is 245 g/mol. The third kappa shape index (κ3) is 4.99. The van der Waals surface area contributed by atoms with Gasteiger partial charge < -0.3 is 5.32 Å². The quantitative estimate of drug-likeness (QED) is 0.808. The summed E-state index contributed by atoms with van der Waals surface area (Å²) in [7, 11) is 0. The number of Topliss-reactive ketones (excluding diaryl/α,β-unsaturated/α-hetero) is 1. The summed E-state index contributed by atoms with van der Waals surface area (Å²) in [4.78, 5) is 11.6. The smallest absolute Gasteiger partial charge is 0.302 e. The van der Waals surface area contributed by atoms with Crippen LogP contribution in [-0.4, -0.2) is 25.0 Å². The Labute approximate surface area is 97.8 Å². The Bertz CT molecular complexity index is 388. The van der Waals surface area contributed by atoms with Gasteiger partial charge in [0.25, 0.3) is 0 Å². The molecule has 0 heterocycles. The van der Waals surface area contributed by atoms with Gasteiger partial charge in [-0.25, -0.2) is 0 Å². The van der Waals surface area contributed by atoms with Gasteiger partial charge >= 0.3 is 6.18 Å². The highest BCUT2D eigenvalue weighted by atomic mass is 19.4. The predicted molar refractivity (Wildman–Crippen MR) is 59.1 cm³/mol. The SMILES string of the molecule is CCc1cccc(C(=O)CNCC(F)(F)F)c1. The summed E-state index contributed by atoms with van der Waals surface area (Å²) >= 11 is 0. The van der Waals surface area contributed by atoms with Crippen molar-refractivity contribution in [1.82, 2.24) is 5.32 Å². The number of benzene rings is 1. The second-order valence-corrected chi connectivity index (χ2v) is 3.70. The molecule has 0 aliphatic rings. The molecule has 0 aliphatic carbocycles. The maximum atomic E-state index is 11.9. The molecule has 0 atom stereocenters. The lowest BCUT2D eigenvalue weighted by molar-refractivity contribution is -0.124. The van der Waals surface area contributed by atoms with Gasteiger partial charge in [0.2, 0.25) is 0 Å². The second-order valence-electron chi connectivity index (χ2n) is 3.70. The zero-order valence-corrected chi connectivity index (χ0v) is 9.47. The topological polar surface area (TPSA) is 29.1 Å². The highest BCUT2D eigenvalue weighted by molar-refractivity contribution is 5.97. The number of rotatable bonds is 5. The van der Waals surface area contributed by atoms with Gasteiger partial charge in [0.05, 0.1) is 13.1 Å². The Morgan fingerprint density at radius 3 is 2.65 bits per heavy atom. The molecule has 0 bridgehead atoms. The molecule has 0 aliphatic heterocycles. The summed E-state index contributed by atoms with van der Waals surface area (Å²) < 4.78 is 35.6. The molecule has 0 unspecified atom stereocenters. The largest absolute Gasteiger partial charge is 0.401 e. The van der Waals surface area contributed by atoms with Crippen LogP contribution in [0.3, 0.4) is 0 Å². The van der Waals surface area contributed by atoms with Gasteiger partial charge in [0.1, 0.15) is 0 Å². The lowest BCUT2D eigenvalue weighted by Crippen LogP contribution is -2.32. The number of halogens is 3. The molecule has 0 amide bonds.